The molecule has 7 heteroatoms. The van der Waals surface area contributed by atoms with Crippen LogP contribution in [0.1, 0.15) is 17.3 Å². The Labute approximate surface area is 175 Å². The lowest BCUT2D eigenvalue weighted by molar-refractivity contribution is 0.101. The average Bonchev–Trinajstić information content (AvgIpc) is 2.70. The Morgan fingerprint density at radius 3 is 2.50 bits per heavy atom. The van der Waals surface area contributed by atoms with Gasteiger partial charge in [-0.05, 0) is 37.3 Å². The van der Waals surface area contributed by atoms with E-state index in [0.29, 0.717) is 33.7 Å². The highest BCUT2D eigenvalue weighted by Crippen LogP contribution is 2.33. The normalized spacial score (nSPS) is 14.8. The van der Waals surface area contributed by atoms with Gasteiger partial charge in [-0.2, -0.15) is 0 Å². The number of ketones is 1. The van der Waals surface area contributed by atoms with Crippen LogP contribution in [-0.4, -0.2) is 57.1 Å². The van der Waals surface area contributed by atoms with E-state index in [-0.39, 0.29) is 5.78 Å². The second-order valence-corrected chi connectivity index (χ2v) is 7.46. The van der Waals surface area contributed by atoms with Crippen molar-refractivity contribution in [3.05, 3.63) is 52.0 Å². The molecule has 28 heavy (non-hydrogen) atoms. The minimum absolute atomic E-state index is 0.00234. The quantitative estimate of drug-likeness (QED) is 0.618. The van der Waals surface area contributed by atoms with Crippen molar-refractivity contribution in [1.29, 1.82) is 0 Å². The molecule has 1 aliphatic heterocycles. The molecule has 0 amide bonds. The number of hydrogen-bond donors (Lipinski definition) is 0. The fraction of sp³-hybridized carbons (Fsp3) is 0.381. The van der Waals surface area contributed by atoms with E-state index in [0.717, 1.165) is 38.4 Å². The van der Waals surface area contributed by atoms with E-state index in [1.807, 2.05) is 12.1 Å². The van der Waals surface area contributed by atoms with E-state index in [9.17, 15) is 4.79 Å². The molecule has 0 atom stereocenters. The van der Waals surface area contributed by atoms with Crippen LogP contribution in [0.2, 0.25) is 10.0 Å². The minimum atomic E-state index is 0.00234. The molecule has 0 aromatic heterocycles. The Morgan fingerprint density at radius 1 is 1.07 bits per heavy atom. The van der Waals surface area contributed by atoms with E-state index in [4.69, 9.17) is 32.7 Å². The molecule has 5 nitrogen and oxygen atoms in total. The van der Waals surface area contributed by atoms with Crippen molar-refractivity contribution in [1.82, 2.24) is 4.90 Å². The number of anilines is 1. The highest BCUT2D eigenvalue weighted by Gasteiger charge is 2.20. The summed E-state index contributed by atoms with van der Waals surface area (Å²) in [6.45, 7) is 6.51. The van der Waals surface area contributed by atoms with Gasteiger partial charge in [-0.1, -0.05) is 29.3 Å². The second-order valence-electron chi connectivity index (χ2n) is 6.67. The molecule has 0 radical (unpaired) electrons. The van der Waals surface area contributed by atoms with Crippen LogP contribution in [0, 0.1) is 0 Å². The van der Waals surface area contributed by atoms with E-state index in [1.165, 1.54) is 6.92 Å². The number of carbonyl (C=O) groups is 1. The molecule has 150 valence electrons. The van der Waals surface area contributed by atoms with Gasteiger partial charge in [-0.15, -0.1) is 0 Å². The molecule has 1 aliphatic rings. The molecule has 0 saturated carbocycles. The number of benzene rings is 2. The monoisotopic (exact) mass is 422 g/mol. The van der Waals surface area contributed by atoms with Crippen molar-refractivity contribution < 1.29 is 14.3 Å². The summed E-state index contributed by atoms with van der Waals surface area (Å²) in [6.07, 6.45) is 0. The van der Waals surface area contributed by atoms with Gasteiger partial charge in [0.15, 0.2) is 17.3 Å². The van der Waals surface area contributed by atoms with Gasteiger partial charge in [0, 0.05) is 38.3 Å². The molecule has 1 saturated heterocycles. The van der Waals surface area contributed by atoms with Crippen molar-refractivity contribution in [3.63, 3.8) is 0 Å². The molecular weight excluding hydrogens is 399 g/mol. The number of rotatable bonds is 7. The van der Waals surface area contributed by atoms with E-state index < -0.39 is 0 Å². The third-order valence-corrected chi connectivity index (χ3v) is 5.69. The van der Waals surface area contributed by atoms with Crippen LogP contribution in [0.15, 0.2) is 36.4 Å². The Hall–Kier alpha value is -1.95. The Bertz CT molecular complexity index is 836. The number of methoxy groups -OCH3 is 1. The average molecular weight is 423 g/mol. The fourth-order valence-electron chi connectivity index (χ4n) is 3.24. The van der Waals surface area contributed by atoms with Gasteiger partial charge in [0.25, 0.3) is 0 Å². The summed E-state index contributed by atoms with van der Waals surface area (Å²) < 4.78 is 11.2. The summed E-state index contributed by atoms with van der Waals surface area (Å²) in [7, 11) is 1.58. The topological polar surface area (TPSA) is 42.0 Å². The number of hydrogen-bond acceptors (Lipinski definition) is 5. The van der Waals surface area contributed by atoms with Gasteiger partial charge in [-0.3, -0.25) is 9.69 Å². The lowest BCUT2D eigenvalue weighted by atomic mass is 10.1. The highest BCUT2D eigenvalue weighted by molar-refractivity contribution is 6.43. The molecule has 3 rings (SSSR count). The van der Waals surface area contributed by atoms with Crippen molar-refractivity contribution in [2.75, 3.05) is 51.3 Å². The lowest BCUT2D eigenvalue weighted by Crippen LogP contribution is -2.47. The Balaban J connectivity index is 1.50. The predicted molar refractivity (Wildman–Crippen MR) is 114 cm³/mol. The lowest BCUT2D eigenvalue weighted by Gasteiger charge is -2.36. The van der Waals surface area contributed by atoms with Crippen LogP contribution in [0.5, 0.6) is 11.5 Å². The summed E-state index contributed by atoms with van der Waals surface area (Å²) in [6, 6.07) is 11.0. The first-order valence-electron chi connectivity index (χ1n) is 9.22. The standard InChI is InChI=1S/C21H24Cl2N2O3/c1-15(26)16-6-7-19(20(14-16)27-2)28-13-12-24-8-10-25(11-9-24)18-5-3-4-17(22)21(18)23/h3-7,14H,8-13H2,1-2H3. The molecular formula is C21H24Cl2N2O3. The first kappa shape index (κ1) is 20.8. The number of carbonyl (C=O) groups excluding carboxylic acids is 1. The van der Waals surface area contributed by atoms with Crippen LogP contribution < -0.4 is 14.4 Å². The summed E-state index contributed by atoms with van der Waals surface area (Å²) in [5.74, 6) is 1.23. The fourth-order valence-corrected chi connectivity index (χ4v) is 3.65. The van der Waals surface area contributed by atoms with Gasteiger partial charge in [0.2, 0.25) is 0 Å². The summed E-state index contributed by atoms with van der Waals surface area (Å²) in [5.41, 5.74) is 1.60. The third-order valence-electron chi connectivity index (χ3n) is 4.88. The predicted octanol–water partition coefficient (Wildman–Crippen LogP) is 4.41. The van der Waals surface area contributed by atoms with Crippen molar-refractivity contribution in [3.8, 4) is 11.5 Å². The van der Waals surface area contributed by atoms with Crippen LogP contribution >= 0.6 is 23.2 Å². The Kier molecular flexibility index (Phi) is 7.05. The van der Waals surface area contributed by atoms with E-state index in [1.54, 1.807) is 31.4 Å². The maximum atomic E-state index is 11.5. The minimum Gasteiger partial charge on any atom is -0.493 e. The molecule has 2 aromatic rings. The van der Waals surface area contributed by atoms with E-state index in [2.05, 4.69) is 9.80 Å². The number of nitrogens with zero attached hydrogens (tertiary/aromatic N) is 2. The van der Waals surface area contributed by atoms with Crippen LogP contribution in [0.4, 0.5) is 5.69 Å². The zero-order chi connectivity index (χ0) is 20.1. The molecule has 0 N–H and O–H groups in total. The van der Waals surface area contributed by atoms with Crippen LogP contribution in [-0.2, 0) is 0 Å². The SMILES string of the molecule is COc1cc(C(C)=O)ccc1OCCN1CCN(c2cccc(Cl)c2Cl)CC1. The molecule has 0 unspecified atom stereocenters. The zero-order valence-electron chi connectivity index (χ0n) is 16.1. The number of Topliss-reactive ketones (excluding diaryl/α,β-unsaturated/α-hetero) is 1. The molecule has 1 heterocycles. The molecule has 0 spiro atoms. The smallest absolute Gasteiger partial charge is 0.161 e. The Morgan fingerprint density at radius 2 is 1.82 bits per heavy atom. The van der Waals surface area contributed by atoms with Crippen molar-refractivity contribution >= 4 is 34.7 Å². The van der Waals surface area contributed by atoms with Crippen LogP contribution in [0.25, 0.3) is 0 Å². The first-order valence-corrected chi connectivity index (χ1v) is 9.98. The number of halogens is 2. The van der Waals surface area contributed by atoms with Gasteiger partial charge in [0.1, 0.15) is 6.61 Å². The largest absolute Gasteiger partial charge is 0.493 e. The summed E-state index contributed by atoms with van der Waals surface area (Å²) in [5, 5.41) is 1.20. The zero-order valence-corrected chi connectivity index (χ0v) is 17.6. The molecule has 1 fully saturated rings. The third kappa shape index (κ3) is 4.90. The first-order chi connectivity index (χ1) is 13.5. The van der Waals surface area contributed by atoms with Crippen molar-refractivity contribution in [2.45, 2.75) is 6.92 Å². The van der Waals surface area contributed by atoms with Crippen LogP contribution in [0.3, 0.4) is 0 Å². The number of ether oxygens (including phenoxy) is 2. The second kappa shape index (κ2) is 9.50. The maximum Gasteiger partial charge on any atom is 0.161 e. The highest BCUT2D eigenvalue weighted by atomic mass is 35.5. The van der Waals surface area contributed by atoms with Gasteiger partial charge < -0.3 is 14.4 Å². The van der Waals surface area contributed by atoms with Gasteiger partial charge in [-0.25, -0.2) is 0 Å². The summed E-state index contributed by atoms with van der Waals surface area (Å²) in [4.78, 5) is 16.1. The van der Waals surface area contributed by atoms with Crippen molar-refractivity contribution in [2.24, 2.45) is 0 Å². The van der Waals surface area contributed by atoms with E-state index >= 15 is 0 Å². The molecule has 0 bridgehead atoms. The molecule has 2 aromatic carbocycles. The van der Waals surface area contributed by atoms with Gasteiger partial charge >= 0.3 is 0 Å². The summed E-state index contributed by atoms with van der Waals surface area (Å²) >= 11 is 12.5. The molecule has 0 aliphatic carbocycles. The van der Waals surface area contributed by atoms with Gasteiger partial charge in [0.05, 0.1) is 22.8 Å². The maximum absolute atomic E-state index is 11.5. The number of piperazine rings is 1.